The molecule has 1 aromatic rings. The van der Waals surface area contributed by atoms with Crippen LogP contribution in [0.5, 0.6) is 0 Å². The Morgan fingerprint density at radius 1 is 1.50 bits per heavy atom. The minimum absolute atomic E-state index is 0.0686. The van der Waals surface area contributed by atoms with E-state index in [1.54, 1.807) is 18.2 Å². The Kier molecular flexibility index (Phi) is 6.09. The van der Waals surface area contributed by atoms with Crippen molar-refractivity contribution >= 4 is 23.3 Å². The van der Waals surface area contributed by atoms with Crippen LogP contribution in [0.15, 0.2) is 18.2 Å². The van der Waals surface area contributed by atoms with Gasteiger partial charge in [-0.2, -0.15) is 0 Å². The predicted octanol–water partition coefficient (Wildman–Crippen LogP) is 2.68. The number of aromatic nitrogens is 1. The Hall–Kier alpha value is -1.13. The van der Waals surface area contributed by atoms with E-state index in [-0.39, 0.29) is 11.8 Å². The fraction of sp³-hybridized carbons (Fsp3) is 0.538. The van der Waals surface area contributed by atoms with Crippen molar-refractivity contribution in [3.8, 4) is 0 Å². The smallest absolute Gasteiger partial charge is 0.225 e. The monoisotopic (exact) mass is 269 g/mol. The zero-order valence-corrected chi connectivity index (χ0v) is 11.6. The normalized spacial score (nSPS) is 12.5. The number of amides is 1. The lowest BCUT2D eigenvalue weighted by Gasteiger charge is -2.16. The van der Waals surface area contributed by atoms with E-state index in [4.69, 9.17) is 17.3 Å². The third kappa shape index (κ3) is 5.47. The number of pyridine rings is 1. The highest BCUT2D eigenvalue weighted by molar-refractivity contribution is 6.29. The molecule has 0 spiro atoms. The molecule has 100 valence electrons. The van der Waals surface area contributed by atoms with E-state index in [1.807, 2.05) is 0 Å². The molecule has 0 aliphatic heterocycles. The number of rotatable bonds is 6. The zero-order chi connectivity index (χ0) is 13.5. The van der Waals surface area contributed by atoms with Gasteiger partial charge in [-0.3, -0.25) is 4.79 Å². The quantitative estimate of drug-likeness (QED) is 0.780. The summed E-state index contributed by atoms with van der Waals surface area (Å²) in [5.74, 6) is 1.16. The fourth-order valence-corrected chi connectivity index (χ4v) is 2.03. The lowest BCUT2D eigenvalue weighted by molar-refractivity contribution is -0.117. The van der Waals surface area contributed by atoms with Gasteiger partial charge in [0.15, 0.2) is 0 Å². The van der Waals surface area contributed by atoms with Gasteiger partial charge in [0.25, 0.3) is 0 Å². The summed E-state index contributed by atoms with van der Waals surface area (Å²) in [4.78, 5) is 15.8. The van der Waals surface area contributed by atoms with Crippen LogP contribution < -0.4 is 11.1 Å². The summed E-state index contributed by atoms with van der Waals surface area (Å²) in [5.41, 5.74) is 5.67. The molecular weight excluding hydrogens is 250 g/mol. The Morgan fingerprint density at radius 3 is 2.78 bits per heavy atom. The Labute approximate surface area is 113 Å². The number of halogens is 1. The summed E-state index contributed by atoms with van der Waals surface area (Å²) in [7, 11) is 0. The van der Waals surface area contributed by atoms with Gasteiger partial charge in [-0.05, 0) is 36.9 Å². The van der Waals surface area contributed by atoms with Crippen molar-refractivity contribution in [2.45, 2.75) is 26.7 Å². The van der Waals surface area contributed by atoms with E-state index in [0.29, 0.717) is 29.9 Å². The number of nitrogens with two attached hydrogens (primary N) is 1. The summed E-state index contributed by atoms with van der Waals surface area (Å²) in [6.45, 7) is 4.77. The molecule has 1 atom stereocenters. The first-order chi connectivity index (χ1) is 8.51. The van der Waals surface area contributed by atoms with Crippen LogP contribution in [-0.2, 0) is 4.79 Å². The van der Waals surface area contributed by atoms with Crippen LogP contribution in [0.2, 0.25) is 5.15 Å². The molecule has 0 aliphatic rings. The average Bonchev–Trinajstić information content (AvgIpc) is 2.27. The van der Waals surface area contributed by atoms with Crippen LogP contribution in [0.4, 0.5) is 5.82 Å². The van der Waals surface area contributed by atoms with Crippen molar-refractivity contribution in [2.75, 3.05) is 11.9 Å². The summed E-state index contributed by atoms with van der Waals surface area (Å²) in [5, 5.41) is 3.10. The Balaban J connectivity index is 2.50. The first-order valence-corrected chi connectivity index (χ1v) is 6.51. The molecule has 0 aliphatic carbocycles. The van der Waals surface area contributed by atoms with E-state index < -0.39 is 0 Å². The van der Waals surface area contributed by atoms with Crippen LogP contribution in [0.1, 0.15) is 26.7 Å². The maximum absolute atomic E-state index is 11.8. The Morgan fingerprint density at radius 2 is 2.22 bits per heavy atom. The van der Waals surface area contributed by atoms with Crippen LogP contribution in [0.25, 0.3) is 0 Å². The van der Waals surface area contributed by atoms with Gasteiger partial charge in [0.2, 0.25) is 5.91 Å². The highest BCUT2D eigenvalue weighted by Gasteiger charge is 2.14. The van der Waals surface area contributed by atoms with Gasteiger partial charge >= 0.3 is 0 Å². The predicted molar refractivity (Wildman–Crippen MR) is 74.5 cm³/mol. The van der Waals surface area contributed by atoms with E-state index in [2.05, 4.69) is 24.1 Å². The number of hydrogen-bond acceptors (Lipinski definition) is 3. The minimum Gasteiger partial charge on any atom is -0.330 e. The highest BCUT2D eigenvalue weighted by atomic mass is 35.5. The molecular formula is C13H20ClN3O. The van der Waals surface area contributed by atoms with E-state index in [1.165, 1.54) is 0 Å². The van der Waals surface area contributed by atoms with E-state index in [0.717, 1.165) is 6.42 Å². The maximum atomic E-state index is 11.8. The molecule has 1 heterocycles. The third-order valence-corrected chi connectivity index (χ3v) is 2.81. The largest absolute Gasteiger partial charge is 0.330 e. The second-order valence-corrected chi connectivity index (χ2v) is 5.22. The standard InChI is InChI=1S/C13H20ClN3O/c1-9(2)6-10(8-15)7-13(18)17-12-5-3-4-11(14)16-12/h3-5,9-10H,6-8,15H2,1-2H3,(H,16,17,18)/t10-/m0/s1. The van der Waals surface area contributed by atoms with Crippen molar-refractivity contribution in [1.29, 1.82) is 0 Å². The fourth-order valence-electron chi connectivity index (χ4n) is 1.86. The Bertz CT molecular complexity index is 396. The SMILES string of the molecule is CC(C)C[C@H](CN)CC(=O)Nc1cccc(Cl)n1. The van der Waals surface area contributed by atoms with Crippen molar-refractivity contribution in [2.24, 2.45) is 17.6 Å². The molecule has 0 unspecified atom stereocenters. The number of carbonyl (C=O) groups excluding carboxylic acids is 1. The summed E-state index contributed by atoms with van der Waals surface area (Å²) < 4.78 is 0. The zero-order valence-electron chi connectivity index (χ0n) is 10.8. The van der Waals surface area contributed by atoms with E-state index in [9.17, 15) is 4.79 Å². The van der Waals surface area contributed by atoms with Crippen LogP contribution in [-0.4, -0.2) is 17.4 Å². The van der Waals surface area contributed by atoms with Gasteiger partial charge in [-0.1, -0.05) is 31.5 Å². The lowest BCUT2D eigenvalue weighted by Crippen LogP contribution is -2.23. The van der Waals surface area contributed by atoms with Gasteiger partial charge < -0.3 is 11.1 Å². The molecule has 0 aromatic carbocycles. The molecule has 0 saturated carbocycles. The first kappa shape index (κ1) is 14.9. The van der Waals surface area contributed by atoms with Crippen molar-refractivity contribution in [1.82, 2.24) is 4.98 Å². The van der Waals surface area contributed by atoms with Gasteiger partial charge in [0.05, 0.1) is 0 Å². The average molecular weight is 270 g/mol. The second-order valence-electron chi connectivity index (χ2n) is 4.83. The number of nitrogens with zero attached hydrogens (tertiary/aromatic N) is 1. The third-order valence-electron chi connectivity index (χ3n) is 2.59. The molecule has 0 saturated heterocycles. The maximum Gasteiger partial charge on any atom is 0.225 e. The topological polar surface area (TPSA) is 68.0 Å². The minimum atomic E-state index is -0.0686. The summed E-state index contributed by atoms with van der Waals surface area (Å²) in [6, 6.07) is 5.13. The molecule has 0 fully saturated rings. The van der Waals surface area contributed by atoms with Crippen LogP contribution >= 0.6 is 11.6 Å². The van der Waals surface area contributed by atoms with Gasteiger partial charge in [-0.25, -0.2) is 4.98 Å². The number of carbonyl (C=O) groups is 1. The molecule has 5 heteroatoms. The molecule has 3 N–H and O–H groups in total. The number of nitrogens with one attached hydrogen (secondary N) is 1. The summed E-state index contributed by atoms with van der Waals surface area (Å²) in [6.07, 6.45) is 1.37. The van der Waals surface area contributed by atoms with Gasteiger partial charge in [0.1, 0.15) is 11.0 Å². The molecule has 18 heavy (non-hydrogen) atoms. The van der Waals surface area contributed by atoms with Crippen LogP contribution in [0.3, 0.4) is 0 Å². The van der Waals surface area contributed by atoms with Crippen molar-refractivity contribution in [3.05, 3.63) is 23.4 Å². The molecule has 0 radical (unpaired) electrons. The first-order valence-electron chi connectivity index (χ1n) is 6.13. The molecule has 0 bridgehead atoms. The van der Waals surface area contributed by atoms with Crippen molar-refractivity contribution in [3.63, 3.8) is 0 Å². The molecule has 1 aromatic heterocycles. The van der Waals surface area contributed by atoms with Crippen molar-refractivity contribution < 1.29 is 4.79 Å². The molecule has 4 nitrogen and oxygen atoms in total. The van der Waals surface area contributed by atoms with Gasteiger partial charge in [0, 0.05) is 6.42 Å². The number of hydrogen-bond donors (Lipinski definition) is 2. The molecule has 1 amide bonds. The van der Waals surface area contributed by atoms with Crippen LogP contribution in [0, 0.1) is 11.8 Å². The number of anilines is 1. The molecule has 1 rings (SSSR count). The highest BCUT2D eigenvalue weighted by Crippen LogP contribution is 2.16. The second kappa shape index (κ2) is 7.34. The van der Waals surface area contributed by atoms with E-state index >= 15 is 0 Å². The van der Waals surface area contributed by atoms with Gasteiger partial charge in [-0.15, -0.1) is 0 Å². The summed E-state index contributed by atoms with van der Waals surface area (Å²) >= 11 is 5.75. The lowest BCUT2D eigenvalue weighted by atomic mass is 9.94.